The van der Waals surface area contributed by atoms with E-state index in [2.05, 4.69) is 0 Å². The Hall–Kier alpha value is -0.703. The quantitative estimate of drug-likeness (QED) is 0.508. The van der Waals surface area contributed by atoms with E-state index in [0.717, 1.165) is 11.1 Å². The Morgan fingerprint density at radius 3 is 1.92 bits per heavy atom. The molecule has 0 bridgehead atoms. The van der Waals surface area contributed by atoms with Crippen molar-refractivity contribution in [2.45, 2.75) is 26.8 Å². The van der Waals surface area contributed by atoms with Gasteiger partial charge < -0.3 is 0 Å². The maximum atomic E-state index is 13.4. The van der Waals surface area contributed by atoms with Crippen molar-refractivity contribution in [2.75, 3.05) is 0 Å². The van der Waals surface area contributed by atoms with E-state index in [4.69, 9.17) is 0 Å². The van der Waals surface area contributed by atoms with Crippen LogP contribution in [-0.2, 0) is 0 Å². The van der Waals surface area contributed by atoms with Crippen LogP contribution in [0.4, 0.5) is 8.22 Å². The van der Waals surface area contributed by atoms with E-state index in [1.54, 1.807) is 19.1 Å². The lowest BCUT2D eigenvalue weighted by Crippen LogP contribution is -2.38. The first-order valence-corrected chi connectivity index (χ1v) is 6.38. The highest BCUT2D eigenvalue weighted by Crippen LogP contribution is 2.14. The lowest BCUT2D eigenvalue weighted by molar-refractivity contribution is 0.625. The molecule has 0 radical (unpaired) electrons. The van der Waals surface area contributed by atoms with Crippen molar-refractivity contribution in [3.8, 4) is 0 Å². The van der Waals surface area contributed by atoms with Gasteiger partial charge in [0.25, 0.3) is 0 Å². The minimum Gasteiger partial charge on any atom is -0.265 e. The van der Waals surface area contributed by atoms with Crippen LogP contribution >= 0.6 is 0 Å². The van der Waals surface area contributed by atoms with Gasteiger partial charge in [-0.15, -0.1) is 0 Å². The molecule has 3 heteroatoms. The fourth-order valence-corrected chi connectivity index (χ4v) is 2.68. The van der Waals surface area contributed by atoms with Crippen LogP contribution in [0.15, 0.2) is 18.2 Å². The van der Waals surface area contributed by atoms with E-state index in [9.17, 15) is 8.22 Å². The predicted molar refractivity (Wildman–Crippen MR) is 54.0 cm³/mol. The Morgan fingerprint density at radius 1 is 1.08 bits per heavy atom. The van der Waals surface area contributed by atoms with Crippen molar-refractivity contribution in [2.24, 2.45) is 0 Å². The molecule has 0 saturated heterocycles. The van der Waals surface area contributed by atoms with E-state index in [-0.39, 0.29) is 11.2 Å². The summed E-state index contributed by atoms with van der Waals surface area (Å²) in [6.07, 6.45) is 0. The van der Waals surface area contributed by atoms with Gasteiger partial charge >= 0.3 is 8.74 Å². The molecule has 0 amide bonds. The molecule has 13 heavy (non-hydrogen) atoms. The molecule has 1 aromatic rings. The third-order valence-electron chi connectivity index (χ3n) is 2.09. The van der Waals surface area contributed by atoms with Crippen molar-refractivity contribution in [3.05, 3.63) is 29.3 Å². The molecule has 72 valence electrons. The SMILES string of the molecule is CC[Si](F)(F)c1cc(C)cc(C)c1. The second-order valence-electron chi connectivity index (χ2n) is 3.43. The van der Waals surface area contributed by atoms with Gasteiger partial charge in [0.05, 0.1) is 0 Å². The molecular formula is C10H14F2Si. The number of rotatable bonds is 2. The first-order chi connectivity index (χ1) is 5.95. The largest absolute Gasteiger partial charge is 0.455 e. The lowest BCUT2D eigenvalue weighted by atomic mass is 10.2. The molecule has 0 aliphatic carbocycles. The van der Waals surface area contributed by atoms with E-state index < -0.39 is 8.74 Å². The minimum absolute atomic E-state index is 0.00407. The highest BCUT2D eigenvalue weighted by molar-refractivity contribution is 6.79. The monoisotopic (exact) mass is 200 g/mol. The van der Waals surface area contributed by atoms with Gasteiger partial charge in [-0.05, 0) is 19.9 Å². The molecule has 0 aliphatic rings. The number of aryl methyl sites for hydroxylation is 2. The minimum atomic E-state index is -4.12. The molecular weight excluding hydrogens is 186 g/mol. The lowest BCUT2D eigenvalue weighted by Gasteiger charge is -2.12. The van der Waals surface area contributed by atoms with Crippen LogP contribution in [-0.4, -0.2) is 8.74 Å². The Balaban J connectivity index is 3.15. The summed E-state index contributed by atoms with van der Waals surface area (Å²) in [5.74, 6) is 0. The van der Waals surface area contributed by atoms with Gasteiger partial charge in [-0.2, -0.15) is 0 Å². The van der Waals surface area contributed by atoms with E-state index in [1.165, 1.54) is 0 Å². The maximum absolute atomic E-state index is 13.4. The zero-order chi connectivity index (χ0) is 10.1. The van der Waals surface area contributed by atoms with Gasteiger partial charge in [0.2, 0.25) is 0 Å². The van der Waals surface area contributed by atoms with Crippen molar-refractivity contribution >= 4 is 13.9 Å². The molecule has 0 aliphatic heterocycles. The van der Waals surface area contributed by atoms with Crippen LogP contribution < -0.4 is 5.19 Å². The van der Waals surface area contributed by atoms with Crippen LogP contribution in [0.2, 0.25) is 6.04 Å². The third kappa shape index (κ3) is 2.37. The summed E-state index contributed by atoms with van der Waals surface area (Å²) in [6.45, 7) is 5.27. The van der Waals surface area contributed by atoms with E-state index in [1.807, 2.05) is 19.9 Å². The smallest absolute Gasteiger partial charge is 0.265 e. The molecule has 0 aromatic heterocycles. The van der Waals surface area contributed by atoms with Crippen molar-refractivity contribution < 1.29 is 8.22 Å². The highest BCUT2D eigenvalue weighted by atomic mass is 28.4. The summed E-state index contributed by atoms with van der Waals surface area (Å²) >= 11 is 0. The first-order valence-electron chi connectivity index (χ1n) is 4.42. The molecule has 1 rings (SSSR count). The van der Waals surface area contributed by atoms with E-state index in [0.29, 0.717) is 0 Å². The fraction of sp³-hybridized carbons (Fsp3) is 0.400. The van der Waals surface area contributed by atoms with Gasteiger partial charge in [-0.1, -0.05) is 36.2 Å². The molecule has 0 spiro atoms. The Morgan fingerprint density at radius 2 is 1.54 bits per heavy atom. The first kappa shape index (κ1) is 10.4. The second-order valence-corrected chi connectivity index (χ2v) is 6.13. The standard InChI is InChI=1S/C10H14F2Si/c1-4-13(11,12)10-6-8(2)5-9(3)7-10/h5-7H,4H2,1-3H3. The topological polar surface area (TPSA) is 0 Å². The maximum Gasteiger partial charge on any atom is 0.455 e. The third-order valence-corrected chi connectivity index (χ3v) is 4.11. The summed E-state index contributed by atoms with van der Waals surface area (Å²) in [4.78, 5) is 0. The average Bonchev–Trinajstić information content (AvgIpc) is 2.02. The Kier molecular flexibility index (Phi) is 2.86. The van der Waals surface area contributed by atoms with Crippen LogP contribution in [0.3, 0.4) is 0 Å². The van der Waals surface area contributed by atoms with Crippen molar-refractivity contribution in [1.29, 1.82) is 0 Å². The predicted octanol–water partition coefficient (Wildman–Crippen LogP) is 2.91. The molecule has 0 unspecified atom stereocenters. The summed E-state index contributed by atoms with van der Waals surface area (Å²) in [7, 11) is -4.12. The van der Waals surface area contributed by atoms with Gasteiger partial charge in [0.1, 0.15) is 0 Å². The molecule has 0 heterocycles. The summed E-state index contributed by atoms with van der Waals surface area (Å²) in [5.41, 5.74) is 1.85. The zero-order valence-corrected chi connectivity index (χ0v) is 9.20. The number of hydrogen-bond donors (Lipinski definition) is 0. The summed E-state index contributed by atoms with van der Waals surface area (Å²) in [6, 6.07) is 5.14. The normalized spacial score (nSPS) is 11.8. The van der Waals surface area contributed by atoms with Gasteiger partial charge in [0, 0.05) is 5.19 Å². The van der Waals surface area contributed by atoms with E-state index >= 15 is 0 Å². The van der Waals surface area contributed by atoms with Crippen LogP contribution in [0, 0.1) is 13.8 Å². The molecule has 0 saturated carbocycles. The Bertz CT molecular complexity index is 288. The van der Waals surface area contributed by atoms with Gasteiger partial charge in [-0.25, -0.2) is 0 Å². The Labute approximate surface area is 79.0 Å². The summed E-state index contributed by atoms with van der Waals surface area (Å²) < 4.78 is 26.8. The number of benzene rings is 1. The highest BCUT2D eigenvalue weighted by Gasteiger charge is 2.35. The van der Waals surface area contributed by atoms with Crippen molar-refractivity contribution in [3.63, 3.8) is 0 Å². The van der Waals surface area contributed by atoms with Gasteiger partial charge in [0.15, 0.2) is 0 Å². The fourth-order valence-electron chi connectivity index (χ4n) is 1.39. The number of hydrogen-bond acceptors (Lipinski definition) is 0. The van der Waals surface area contributed by atoms with Crippen LogP contribution in [0.5, 0.6) is 0 Å². The molecule has 1 aromatic carbocycles. The molecule has 0 atom stereocenters. The van der Waals surface area contributed by atoms with Crippen LogP contribution in [0.1, 0.15) is 18.1 Å². The number of halogens is 2. The van der Waals surface area contributed by atoms with Crippen LogP contribution in [0.25, 0.3) is 0 Å². The average molecular weight is 200 g/mol. The van der Waals surface area contributed by atoms with Crippen molar-refractivity contribution in [1.82, 2.24) is 0 Å². The zero-order valence-electron chi connectivity index (χ0n) is 8.20. The molecule has 0 nitrogen and oxygen atoms in total. The van der Waals surface area contributed by atoms with Gasteiger partial charge in [-0.3, -0.25) is 8.22 Å². The molecule has 0 N–H and O–H groups in total. The second kappa shape index (κ2) is 3.58. The molecule has 0 fully saturated rings. The summed E-state index contributed by atoms with van der Waals surface area (Å²) in [5, 5.41) is 0.271.